The van der Waals surface area contributed by atoms with Crippen molar-refractivity contribution in [3.05, 3.63) is 48.0 Å². The molecule has 1 aliphatic carbocycles. The Kier molecular flexibility index (Phi) is 8.06. The normalized spacial score (nSPS) is 18.0. The molecular weight excluding hydrogens is 426 g/mol. The van der Waals surface area contributed by atoms with Crippen LogP contribution in [-0.2, 0) is 6.54 Å². The van der Waals surface area contributed by atoms with E-state index in [1.165, 1.54) is 18.4 Å². The molecule has 0 aliphatic heterocycles. The Morgan fingerprint density at radius 3 is 2.53 bits per heavy atom. The second kappa shape index (κ2) is 11.4. The van der Waals surface area contributed by atoms with Gasteiger partial charge < -0.3 is 25.0 Å². The molecule has 0 amide bonds. The Morgan fingerprint density at radius 1 is 1.00 bits per heavy atom. The van der Waals surface area contributed by atoms with Crippen LogP contribution in [0.2, 0.25) is 0 Å². The fourth-order valence-electron chi connectivity index (χ4n) is 4.68. The highest BCUT2D eigenvalue weighted by atomic mass is 16.5. The zero-order chi connectivity index (χ0) is 23.9. The monoisotopic (exact) mass is 463 g/mol. The van der Waals surface area contributed by atoms with Gasteiger partial charge in [0, 0.05) is 32.1 Å². The van der Waals surface area contributed by atoms with E-state index in [9.17, 15) is 0 Å². The molecule has 1 fully saturated rings. The summed E-state index contributed by atoms with van der Waals surface area (Å²) in [6, 6.07) is 14.8. The molecule has 4 rings (SSSR count). The molecule has 7 nitrogen and oxygen atoms in total. The highest BCUT2D eigenvalue weighted by molar-refractivity contribution is 5.90. The highest BCUT2D eigenvalue weighted by Crippen LogP contribution is 2.29. The summed E-state index contributed by atoms with van der Waals surface area (Å²) in [5.74, 6) is 3.97. The number of nitrogens with zero attached hydrogens (tertiary/aromatic N) is 3. The van der Waals surface area contributed by atoms with Crippen LogP contribution in [0.15, 0.2) is 42.5 Å². The van der Waals surface area contributed by atoms with Crippen LogP contribution in [-0.4, -0.2) is 50.4 Å². The smallest absolute Gasteiger partial charge is 0.225 e. The van der Waals surface area contributed by atoms with Crippen LogP contribution >= 0.6 is 0 Å². The third-order valence-electron chi connectivity index (χ3n) is 6.48. The van der Waals surface area contributed by atoms with Gasteiger partial charge in [-0.1, -0.05) is 18.2 Å². The zero-order valence-electron chi connectivity index (χ0n) is 20.8. The van der Waals surface area contributed by atoms with E-state index >= 15 is 0 Å². The summed E-state index contributed by atoms with van der Waals surface area (Å²) in [6.07, 6.45) is 4.67. The summed E-state index contributed by atoms with van der Waals surface area (Å²) in [5, 5.41) is 8.32. The molecular formula is C27H37N5O2. The number of ether oxygens (including phenoxy) is 2. The van der Waals surface area contributed by atoms with E-state index in [0.29, 0.717) is 18.6 Å². The molecule has 1 saturated carbocycles. The number of anilines is 2. The van der Waals surface area contributed by atoms with Crippen molar-refractivity contribution < 1.29 is 9.47 Å². The molecule has 0 bridgehead atoms. The van der Waals surface area contributed by atoms with Gasteiger partial charge in [-0.25, -0.2) is 4.98 Å². The molecule has 182 valence electrons. The summed E-state index contributed by atoms with van der Waals surface area (Å²) in [4.78, 5) is 11.6. The first-order chi connectivity index (χ1) is 16.6. The van der Waals surface area contributed by atoms with E-state index in [1.54, 1.807) is 7.11 Å². The van der Waals surface area contributed by atoms with Crippen molar-refractivity contribution in [3.63, 3.8) is 0 Å². The predicted octanol–water partition coefficient (Wildman–Crippen LogP) is 4.86. The molecule has 2 aromatic carbocycles. The van der Waals surface area contributed by atoms with E-state index in [2.05, 4.69) is 39.8 Å². The number of aromatic nitrogens is 2. The average Bonchev–Trinajstić information content (AvgIpc) is 2.85. The van der Waals surface area contributed by atoms with Gasteiger partial charge in [-0.3, -0.25) is 0 Å². The zero-order valence-corrected chi connectivity index (χ0v) is 20.8. The fourth-order valence-corrected chi connectivity index (χ4v) is 4.68. The van der Waals surface area contributed by atoms with Crippen LogP contribution in [0, 0.1) is 5.92 Å². The molecule has 1 aliphatic rings. The summed E-state index contributed by atoms with van der Waals surface area (Å²) < 4.78 is 11.1. The van der Waals surface area contributed by atoms with Crippen molar-refractivity contribution in [3.8, 4) is 11.5 Å². The highest BCUT2D eigenvalue weighted by Gasteiger charge is 2.22. The van der Waals surface area contributed by atoms with Gasteiger partial charge in [0.15, 0.2) is 11.5 Å². The Morgan fingerprint density at radius 2 is 1.79 bits per heavy atom. The molecule has 7 heteroatoms. The van der Waals surface area contributed by atoms with Crippen molar-refractivity contribution in [2.24, 2.45) is 5.92 Å². The van der Waals surface area contributed by atoms with Crippen molar-refractivity contribution in [2.45, 2.75) is 45.2 Å². The molecule has 3 aromatic rings. The molecule has 34 heavy (non-hydrogen) atoms. The van der Waals surface area contributed by atoms with Gasteiger partial charge in [-0.15, -0.1) is 0 Å². The van der Waals surface area contributed by atoms with Gasteiger partial charge in [-0.2, -0.15) is 4.98 Å². The standard InChI is InChI=1S/C27H37N5O2/c1-5-34-24-15-12-20(16-25(24)33-4)18-28-17-19-10-13-21(14-11-19)29-27-30-23-9-7-6-8-22(23)26(31-27)32(2)3/h6-9,12,15-16,19,21,28H,5,10-11,13-14,17-18H2,1-4H3,(H,29,30,31)/t19-,21+. The SMILES string of the molecule is CCOc1ccc(CNC[C@H]2CC[C@@H](Nc3nc(N(C)C)c4ccccc4n3)CC2)cc1OC. The maximum absolute atomic E-state index is 5.61. The van der Waals surface area contributed by atoms with Gasteiger partial charge in [0.1, 0.15) is 5.82 Å². The molecule has 1 aromatic heterocycles. The topological polar surface area (TPSA) is 71.5 Å². The summed E-state index contributed by atoms with van der Waals surface area (Å²) in [5.41, 5.74) is 2.19. The van der Waals surface area contributed by atoms with Crippen molar-refractivity contribution in [1.82, 2.24) is 15.3 Å². The van der Waals surface area contributed by atoms with E-state index in [1.807, 2.05) is 39.2 Å². The number of hydrogen-bond acceptors (Lipinski definition) is 7. The van der Waals surface area contributed by atoms with Gasteiger partial charge in [0.2, 0.25) is 5.95 Å². The lowest BCUT2D eigenvalue weighted by Gasteiger charge is -2.29. The maximum Gasteiger partial charge on any atom is 0.225 e. The number of rotatable bonds is 10. The number of hydrogen-bond donors (Lipinski definition) is 2. The van der Waals surface area contributed by atoms with E-state index in [-0.39, 0.29) is 0 Å². The third-order valence-corrected chi connectivity index (χ3v) is 6.48. The second-order valence-corrected chi connectivity index (χ2v) is 9.19. The van der Waals surface area contributed by atoms with Crippen molar-refractivity contribution in [2.75, 3.05) is 44.6 Å². The molecule has 0 radical (unpaired) electrons. The Labute approximate surface area is 202 Å². The maximum atomic E-state index is 5.61. The van der Waals surface area contributed by atoms with Crippen molar-refractivity contribution >= 4 is 22.7 Å². The number of benzene rings is 2. The second-order valence-electron chi connectivity index (χ2n) is 9.19. The van der Waals surface area contributed by atoms with Crippen LogP contribution in [0.3, 0.4) is 0 Å². The largest absolute Gasteiger partial charge is 0.493 e. The van der Waals surface area contributed by atoms with Gasteiger partial charge in [0.05, 0.1) is 19.2 Å². The van der Waals surface area contributed by atoms with Crippen LogP contribution in [0.4, 0.5) is 11.8 Å². The van der Waals surface area contributed by atoms with Crippen LogP contribution in [0.5, 0.6) is 11.5 Å². The van der Waals surface area contributed by atoms with E-state index in [0.717, 1.165) is 60.1 Å². The average molecular weight is 464 g/mol. The van der Waals surface area contributed by atoms with Gasteiger partial charge in [-0.05, 0) is 74.9 Å². The fraction of sp³-hybridized carbons (Fsp3) is 0.481. The number of para-hydroxylation sites is 1. The van der Waals surface area contributed by atoms with E-state index in [4.69, 9.17) is 19.4 Å². The van der Waals surface area contributed by atoms with Gasteiger partial charge in [0.25, 0.3) is 0 Å². The number of nitrogens with one attached hydrogen (secondary N) is 2. The third kappa shape index (κ3) is 5.89. The minimum absolute atomic E-state index is 0.419. The van der Waals surface area contributed by atoms with Crippen molar-refractivity contribution in [1.29, 1.82) is 0 Å². The Balaban J connectivity index is 1.26. The van der Waals surface area contributed by atoms with E-state index < -0.39 is 0 Å². The van der Waals surface area contributed by atoms with Crippen LogP contribution in [0.25, 0.3) is 10.9 Å². The van der Waals surface area contributed by atoms with Crippen LogP contribution < -0.4 is 25.0 Å². The molecule has 0 spiro atoms. The van der Waals surface area contributed by atoms with Crippen LogP contribution in [0.1, 0.15) is 38.2 Å². The summed E-state index contributed by atoms with van der Waals surface area (Å²) in [6.45, 7) is 4.48. The van der Waals surface area contributed by atoms with Gasteiger partial charge >= 0.3 is 0 Å². The molecule has 0 unspecified atom stereocenters. The summed E-state index contributed by atoms with van der Waals surface area (Å²) in [7, 11) is 5.74. The minimum Gasteiger partial charge on any atom is -0.493 e. The quantitative estimate of drug-likeness (QED) is 0.445. The number of methoxy groups -OCH3 is 1. The summed E-state index contributed by atoms with van der Waals surface area (Å²) >= 11 is 0. The first kappa shape index (κ1) is 24.1. The first-order valence-electron chi connectivity index (χ1n) is 12.3. The predicted molar refractivity (Wildman–Crippen MR) is 139 cm³/mol. The Hall–Kier alpha value is -3.06. The lowest BCUT2D eigenvalue weighted by atomic mass is 9.86. The Bertz CT molecular complexity index is 1080. The lowest BCUT2D eigenvalue weighted by molar-refractivity contribution is 0.310. The lowest BCUT2D eigenvalue weighted by Crippen LogP contribution is -2.31. The molecule has 2 N–H and O–H groups in total. The minimum atomic E-state index is 0.419. The first-order valence-corrected chi connectivity index (χ1v) is 12.3. The molecule has 0 atom stereocenters. The molecule has 0 saturated heterocycles. The number of fused-ring (bicyclic) bond motifs is 1. The molecule has 1 heterocycles.